The highest BCUT2D eigenvalue weighted by molar-refractivity contribution is 5.89. The van der Waals surface area contributed by atoms with Crippen LogP contribution >= 0.6 is 0 Å². The van der Waals surface area contributed by atoms with Crippen LogP contribution in [0.25, 0.3) is 0 Å². The van der Waals surface area contributed by atoms with Gasteiger partial charge in [0.15, 0.2) is 0 Å². The van der Waals surface area contributed by atoms with E-state index in [0.717, 1.165) is 11.3 Å². The molecule has 0 saturated carbocycles. The third-order valence-electron chi connectivity index (χ3n) is 3.78. The van der Waals surface area contributed by atoms with Gasteiger partial charge in [-0.05, 0) is 17.7 Å². The van der Waals surface area contributed by atoms with Gasteiger partial charge in [-0.2, -0.15) is 0 Å². The predicted molar refractivity (Wildman–Crippen MR) is 81.4 cm³/mol. The zero-order valence-corrected chi connectivity index (χ0v) is 13.0. The molecular weight excluding hydrogens is 284 g/mol. The first-order chi connectivity index (χ1) is 10.6. The summed E-state index contributed by atoms with van der Waals surface area (Å²) in [6.45, 7) is 1.95. The highest BCUT2D eigenvalue weighted by atomic mass is 16.5. The maximum atomic E-state index is 12.2. The highest BCUT2D eigenvalue weighted by Gasteiger charge is 2.33. The lowest BCUT2D eigenvalue weighted by atomic mass is 10.1. The topological polar surface area (TPSA) is 67.9 Å². The first-order valence-corrected chi connectivity index (χ1v) is 7.31. The van der Waals surface area contributed by atoms with Crippen LogP contribution in [0.15, 0.2) is 24.3 Å². The summed E-state index contributed by atoms with van der Waals surface area (Å²) in [4.78, 5) is 25.7. The second kappa shape index (κ2) is 7.79. The number of nitrogens with zero attached hydrogens (tertiary/aromatic N) is 1. The van der Waals surface area contributed by atoms with E-state index in [1.807, 2.05) is 24.3 Å². The summed E-state index contributed by atoms with van der Waals surface area (Å²) in [5, 5.41) is 2.89. The molecule has 0 bridgehead atoms. The van der Waals surface area contributed by atoms with E-state index in [9.17, 15) is 9.59 Å². The van der Waals surface area contributed by atoms with Crippen molar-refractivity contribution in [3.05, 3.63) is 29.8 Å². The monoisotopic (exact) mass is 306 g/mol. The molecular formula is C16H22N2O4. The molecule has 1 aromatic carbocycles. The van der Waals surface area contributed by atoms with Gasteiger partial charge in [-0.15, -0.1) is 0 Å². The summed E-state index contributed by atoms with van der Waals surface area (Å²) in [5.41, 5.74) is 0.995. The predicted octanol–water partition coefficient (Wildman–Crippen LogP) is 0.806. The Morgan fingerprint density at radius 1 is 1.32 bits per heavy atom. The Hall–Kier alpha value is -2.08. The minimum atomic E-state index is -0.275. The molecule has 1 fully saturated rings. The van der Waals surface area contributed by atoms with Crippen LogP contribution in [-0.2, 0) is 20.9 Å². The Morgan fingerprint density at radius 3 is 2.68 bits per heavy atom. The van der Waals surface area contributed by atoms with Crippen molar-refractivity contribution in [2.75, 3.05) is 33.9 Å². The quantitative estimate of drug-likeness (QED) is 0.809. The summed E-state index contributed by atoms with van der Waals surface area (Å²) in [6, 6.07) is 7.52. The Bertz CT molecular complexity index is 515. The fraction of sp³-hybridized carbons (Fsp3) is 0.500. The summed E-state index contributed by atoms with van der Waals surface area (Å²) in [7, 11) is 3.21. The number of carbonyl (C=O) groups is 2. The average Bonchev–Trinajstić information content (AvgIpc) is 2.92. The fourth-order valence-electron chi connectivity index (χ4n) is 2.44. The molecule has 0 radical (unpaired) electrons. The van der Waals surface area contributed by atoms with Crippen molar-refractivity contribution in [3.63, 3.8) is 0 Å². The zero-order valence-electron chi connectivity index (χ0n) is 13.0. The van der Waals surface area contributed by atoms with E-state index < -0.39 is 0 Å². The van der Waals surface area contributed by atoms with Crippen molar-refractivity contribution < 1.29 is 19.1 Å². The number of methoxy groups -OCH3 is 2. The number of amides is 2. The van der Waals surface area contributed by atoms with Crippen LogP contribution in [0, 0.1) is 5.92 Å². The van der Waals surface area contributed by atoms with Gasteiger partial charge in [-0.3, -0.25) is 9.59 Å². The largest absolute Gasteiger partial charge is 0.497 e. The second-order valence-electron chi connectivity index (χ2n) is 5.30. The zero-order chi connectivity index (χ0) is 15.9. The van der Waals surface area contributed by atoms with Gasteiger partial charge in [0.2, 0.25) is 11.8 Å². The van der Waals surface area contributed by atoms with Crippen molar-refractivity contribution in [3.8, 4) is 5.75 Å². The number of benzene rings is 1. The number of hydrogen-bond donors (Lipinski definition) is 1. The first-order valence-electron chi connectivity index (χ1n) is 7.31. The molecule has 1 aromatic rings. The van der Waals surface area contributed by atoms with E-state index in [-0.39, 0.29) is 24.2 Å². The molecule has 1 heterocycles. The molecule has 1 aliphatic rings. The molecule has 0 aliphatic carbocycles. The van der Waals surface area contributed by atoms with E-state index in [2.05, 4.69) is 5.32 Å². The Labute approximate surface area is 130 Å². The number of hydrogen-bond acceptors (Lipinski definition) is 4. The highest BCUT2D eigenvalue weighted by Crippen LogP contribution is 2.18. The van der Waals surface area contributed by atoms with Crippen LogP contribution in [0.2, 0.25) is 0 Å². The lowest BCUT2D eigenvalue weighted by Crippen LogP contribution is -2.33. The molecule has 1 N–H and O–H groups in total. The Balaban J connectivity index is 1.81. The molecule has 0 spiro atoms. The third kappa shape index (κ3) is 4.21. The average molecular weight is 306 g/mol. The SMILES string of the molecule is COCCN1C[C@@H](C(=O)NCc2ccc(OC)cc2)CC1=O. The van der Waals surface area contributed by atoms with E-state index in [1.54, 1.807) is 19.1 Å². The molecule has 1 atom stereocenters. The van der Waals surface area contributed by atoms with Gasteiger partial charge < -0.3 is 19.7 Å². The van der Waals surface area contributed by atoms with Crippen LogP contribution in [-0.4, -0.2) is 50.6 Å². The van der Waals surface area contributed by atoms with Crippen molar-refractivity contribution in [2.45, 2.75) is 13.0 Å². The third-order valence-corrected chi connectivity index (χ3v) is 3.78. The van der Waals surface area contributed by atoms with Gasteiger partial charge in [0.25, 0.3) is 0 Å². The number of ether oxygens (including phenoxy) is 2. The lowest BCUT2D eigenvalue weighted by molar-refractivity contribution is -0.129. The standard InChI is InChI=1S/C16H22N2O4/c1-21-8-7-18-11-13(9-15(18)19)16(20)17-10-12-3-5-14(22-2)6-4-12/h3-6,13H,7-11H2,1-2H3,(H,17,20)/t13-/m0/s1. The van der Waals surface area contributed by atoms with E-state index in [1.165, 1.54) is 0 Å². The van der Waals surface area contributed by atoms with Crippen LogP contribution in [0.4, 0.5) is 0 Å². The maximum Gasteiger partial charge on any atom is 0.225 e. The Kier molecular flexibility index (Phi) is 5.77. The van der Waals surface area contributed by atoms with E-state index in [0.29, 0.717) is 26.2 Å². The van der Waals surface area contributed by atoms with Gasteiger partial charge in [0.1, 0.15) is 5.75 Å². The molecule has 22 heavy (non-hydrogen) atoms. The van der Waals surface area contributed by atoms with E-state index >= 15 is 0 Å². The van der Waals surface area contributed by atoms with Gasteiger partial charge in [-0.25, -0.2) is 0 Å². The van der Waals surface area contributed by atoms with Crippen LogP contribution in [0.5, 0.6) is 5.75 Å². The molecule has 1 saturated heterocycles. The summed E-state index contributed by atoms with van der Waals surface area (Å²) in [5.74, 6) is 0.443. The second-order valence-corrected chi connectivity index (χ2v) is 5.30. The first kappa shape index (κ1) is 16.3. The maximum absolute atomic E-state index is 12.2. The van der Waals surface area contributed by atoms with Crippen molar-refractivity contribution >= 4 is 11.8 Å². The molecule has 0 unspecified atom stereocenters. The normalized spacial score (nSPS) is 17.6. The van der Waals surface area contributed by atoms with Gasteiger partial charge >= 0.3 is 0 Å². The van der Waals surface area contributed by atoms with Gasteiger partial charge in [0, 0.05) is 33.2 Å². The molecule has 1 aliphatic heterocycles. The molecule has 6 nitrogen and oxygen atoms in total. The van der Waals surface area contributed by atoms with Gasteiger partial charge in [0.05, 0.1) is 19.6 Å². The number of carbonyl (C=O) groups excluding carboxylic acids is 2. The summed E-state index contributed by atoms with van der Waals surface area (Å²) in [6.07, 6.45) is 0.276. The minimum Gasteiger partial charge on any atom is -0.497 e. The molecule has 6 heteroatoms. The molecule has 2 rings (SSSR count). The molecule has 0 aromatic heterocycles. The number of nitrogens with one attached hydrogen (secondary N) is 1. The van der Waals surface area contributed by atoms with E-state index in [4.69, 9.17) is 9.47 Å². The number of likely N-dealkylation sites (tertiary alicyclic amines) is 1. The van der Waals surface area contributed by atoms with Crippen molar-refractivity contribution in [2.24, 2.45) is 5.92 Å². The van der Waals surface area contributed by atoms with Crippen molar-refractivity contribution in [1.29, 1.82) is 0 Å². The van der Waals surface area contributed by atoms with Gasteiger partial charge in [-0.1, -0.05) is 12.1 Å². The van der Waals surface area contributed by atoms with Crippen LogP contribution in [0.3, 0.4) is 0 Å². The minimum absolute atomic E-state index is 0.0154. The van der Waals surface area contributed by atoms with Crippen LogP contribution in [0.1, 0.15) is 12.0 Å². The summed E-state index contributed by atoms with van der Waals surface area (Å²) < 4.78 is 10.1. The molecule has 2 amide bonds. The fourth-order valence-corrected chi connectivity index (χ4v) is 2.44. The molecule has 120 valence electrons. The smallest absolute Gasteiger partial charge is 0.225 e. The summed E-state index contributed by atoms with van der Waals surface area (Å²) >= 11 is 0. The Morgan fingerprint density at radius 2 is 2.05 bits per heavy atom. The number of rotatable bonds is 7. The van der Waals surface area contributed by atoms with Crippen LogP contribution < -0.4 is 10.1 Å². The van der Waals surface area contributed by atoms with Crippen molar-refractivity contribution in [1.82, 2.24) is 10.2 Å². The lowest BCUT2D eigenvalue weighted by Gasteiger charge is -2.15.